The second kappa shape index (κ2) is 6.79. The number of nitrogens with one attached hydrogen (secondary N) is 1. The van der Waals surface area contributed by atoms with Gasteiger partial charge in [0.25, 0.3) is 0 Å². The van der Waals surface area contributed by atoms with Crippen LogP contribution in [0.1, 0.15) is 37.7 Å². The fraction of sp³-hybridized carbons (Fsp3) is 0.750. The van der Waals surface area contributed by atoms with Crippen LogP contribution in [-0.2, 0) is 20.7 Å². The van der Waals surface area contributed by atoms with E-state index in [4.69, 9.17) is 9.47 Å². The van der Waals surface area contributed by atoms with E-state index in [0.717, 1.165) is 50.8 Å². The molecule has 1 aromatic heterocycles. The lowest BCUT2D eigenvalue weighted by molar-refractivity contribution is -0.158. The Morgan fingerprint density at radius 3 is 3.18 bits per heavy atom. The second-order valence-electron chi connectivity index (χ2n) is 6.29. The SMILES string of the molecule is CO[C@H]1CN(C(=O)CCCc2cn[nH]c2)CC[C@@]12CCCO2. The van der Waals surface area contributed by atoms with Crippen LogP contribution >= 0.6 is 0 Å². The van der Waals surface area contributed by atoms with E-state index in [1.165, 1.54) is 0 Å². The topological polar surface area (TPSA) is 67.5 Å². The van der Waals surface area contributed by atoms with Gasteiger partial charge in [0, 0.05) is 39.4 Å². The van der Waals surface area contributed by atoms with Crippen molar-refractivity contribution in [2.45, 2.75) is 50.2 Å². The zero-order valence-corrected chi connectivity index (χ0v) is 13.2. The number of carbonyl (C=O) groups is 1. The molecule has 6 nitrogen and oxygen atoms in total. The Morgan fingerprint density at radius 2 is 2.50 bits per heavy atom. The number of hydrogen-bond acceptors (Lipinski definition) is 4. The summed E-state index contributed by atoms with van der Waals surface area (Å²) in [6.07, 6.45) is 9.05. The zero-order valence-electron chi connectivity index (χ0n) is 13.2. The average molecular weight is 307 g/mol. The Hall–Kier alpha value is -1.40. The lowest BCUT2D eigenvalue weighted by Crippen LogP contribution is -2.57. The van der Waals surface area contributed by atoms with E-state index in [2.05, 4.69) is 10.2 Å². The molecule has 2 aliphatic rings. The summed E-state index contributed by atoms with van der Waals surface area (Å²) in [4.78, 5) is 14.3. The van der Waals surface area contributed by atoms with E-state index >= 15 is 0 Å². The van der Waals surface area contributed by atoms with Gasteiger partial charge in [-0.05, 0) is 37.7 Å². The van der Waals surface area contributed by atoms with Gasteiger partial charge in [0.05, 0.1) is 11.8 Å². The maximum atomic E-state index is 12.4. The maximum absolute atomic E-state index is 12.4. The van der Waals surface area contributed by atoms with Gasteiger partial charge < -0.3 is 14.4 Å². The number of likely N-dealkylation sites (tertiary alicyclic amines) is 1. The number of rotatable bonds is 5. The molecule has 1 N–H and O–H groups in total. The first-order valence-corrected chi connectivity index (χ1v) is 8.16. The molecule has 0 bridgehead atoms. The normalized spacial score (nSPS) is 28.4. The molecule has 1 aromatic rings. The number of nitrogens with zero attached hydrogens (tertiary/aromatic N) is 2. The summed E-state index contributed by atoms with van der Waals surface area (Å²) in [6.45, 7) is 2.25. The summed E-state index contributed by atoms with van der Waals surface area (Å²) < 4.78 is 11.6. The molecule has 2 fully saturated rings. The molecule has 0 saturated carbocycles. The summed E-state index contributed by atoms with van der Waals surface area (Å²) >= 11 is 0. The lowest BCUT2D eigenvalue weighted by atomic mass is 9.85. The summed E-state index contributed by atoms with van der Waals surface area (Å²) in [5.41, 5.74) is 1.00. The second-order valence-corrected chi connectivity index (χ2v) is 6.29. The van der Waals surface area contributed by atoms with Crippen LogP contribution in [0.2, 0.25) is 0 Å². The molecule has 122 valence electrons. The highest BCUT2D eigenvalue weighted by Gasteiger charge is 2.47. The predicted molar refractivity (Wildman–Crippen MR) is 81.4 cm³/mol. The van der Waals surface area contributed by atoms with Crippen LogP contribution in [0.5, 0.6) is 0 Å². The van der Waals surface area contributed by atoms with Crippen molar-refractivity contribution in [3.05, 3.63) is 18.0 Å². The van der Waals surface area contributed by atoms with E-state index in [0.29, 0.717) is 13.0 Å². The quantitative estimate of drug-likeness (QED) is 0.896. The number of aromatic nitrogens is 2. The number of H-pyrrole nitrogens is 1. The van der Waals surface area contributed by atoms with E-state index in [9.17, 15) is 4.79 Å². The molecule has 2 atom stereocenters. The zero-order chi connectivity index (χ0) is 15.4. The molecule has 3 heterocycles. The number of amides is 1. The van der Waals surface area contributed by atoms with Crippen molar-refractivity contribution in [2.75, 3.05) is 26.8 Å². The molecule has 2 saturated heterocycles. The van der Waals surface area contributed by atoms with Gasteiger partial charge in [0.15, 0.2) is 0 Å². The van der Waals surface area contributed by atoms with Crippen LogP contribution in [0.3, 0.4) is 0 Å². The summed E-state index contributed by atoms with van der Waals surface area (Å²) in [5, 5.41) is 6.72. The Morgan fingerprint density at radius 1 is 1.59 bits per heavy atom. The van der Waals surface area contributed by atoms with Gasteiger partial charge in [-0.3, -0.25) is 9.89 Å². The lowest BCUT2D eigenvalue weighted by Gasteiger charge is -2.44. The van der Waals surface area contributed by atoms with Crippen molar-refractivity contribution in [3.8, 4) is 0 Å². The number of ether oxygens (including phenoxy) is 2. The van der Waals surface area contributed by atoms with E-state index in [1.54, 1.807) is 7.11 Å². The van der Waals surface area contributed by atoms with Crippen LogP contribution in [-0.4, -0.2) is 59.5 Å². The van der Waals surface area contributed by atoms with Crippen molar-refractivity contribution in [2.24, 2.45) is 0 Å². The van der Waals surface area contributed by atoms with Crippen molar-refractivity contribution in [1.82, 2.24) is 15.1 Å². The van der Waals surface area contributed by atoms with E-state index in [-0.39, 0.29) is 17.6 Å². The Bertz CT molecular complexity index is 483. The van der Waals surface area contributed by atoms with Gasteiger partial charge in [-0.25, -0.2) is 0 Å². The molecule has 0 aromatic carbocycles. The minimum atomic E-state index is -0.150. The third kappa shape index (κ3) is 3.17. The molecular formula is C16H25N3O3. The monoisotopic (exact) mass is 307 g/mol. The maximum Gasteiger partial charge on any atom is 0.222 e. The molecule has 0 radical (unpaired) electrons. The molecule has 6 heteroatoms. The fourth-order valence-electron chi connectivity index (χ4n) is 3.65. The van der Waals surface area contributed by atoms with Gasteiger partial charge in [-0.2, -0.15) is 5.10 Å². The third-order valence-corrected chi connectivity index (χ3v) is 4.96. The number of aryl methyl sites for hydroxylation is 1. The highest BCUT2D eigenvalue weighted by molar-refractivity contribution is 5.76. The molecule has 22 heavy (non-hydrogen) atoms. The summed E-state index contributed by atoms with van der Waals surface area (Å²) in [7, 11) is 1.72. The van der Waals surface area contributed by atoms with Crippen LogP contribution in [0.25, 0.3) is 0 Å². The average Bonchev–Trinajstić information content (AvgIpc) is 3.20. The van der Waals surface area contributed by atoms with Crippen molar-refractivity contribution >= 4 is 5.91 Å². The minimum Gasteiger partial charge on any atom is -0.377 e. The van der Waals surface area contributed by atoms with Gasteiger partial charge >= 0.3 is 0 Å². The molecular weight excluding hydrogens is 282 g/mol. The largest absolute Gasteiger partial charge is 0.377 e. The molecule has 1 spiro atoms. The highest BCUT2D eigenvalue weighted by atomic mass is 16.5. The number of piperidine rings is 1. The smallest absolute Gasteiger partial charge is 0.222 e. The Kier molecular flexibility index (Phi) is 4.78. The number of methoxy groups -OCH3 is 1. The van der Waals surface area contributed by atoms with Gasteiger partial charge in [0.1, 0.15) is 6.10 Å². The van der Waals surface area contributed by atoms with Crippen LogP contribution in [0, 0.1) is 0 Å². The van der Waals surface area contributed by atoms with Gasteiger partial charge in [-0.15, -0.1) is 0 Å². The third-order valence-electron chi connectivity index (χ3n) is 4.96. The van der Waals surface area contributed by atoms with E-state index in [1.807, 2.05) is 17.3 Å². The van der Waals surface area contributed by atoms with E-state index < -0.39 is 0 Å². The molecule has 3 rings (SSSR count). The van der Waals surface area contributed by atoms with Crippen molar-refractivity contribution in [3.63, 3.8) is 0 Å². The molecule has 1 amide bonds. The van der Waals surface area contributed by atoms with Crippen LogP contribution in [0.15, 0.2) is 12.4 Å². The summed E-state index contributed by atoms with van der Waals surface area (Å²) in [6, 6.07) is 0. The van der Waals surface area contributed by atoms with Crippen LogP contribution < -0.4 is 0 Å². The number of aromatic amines is 1. The predicted octanol–water partition coefficient (Wildman–Crippen LogP) is 1.53. The van der Waals surface area contributed by atoms with Crippen LogP contribution in [0.4, 0.5) is 0 Å². The van der Waals surface area contributed by atoms with Gasteiger partial charge in [0.2, 0.25) is 5.91 Å². The Balaban J connectivity index is 1.49. The van der Waals surface area contributed by atoms with Crippen molar-refractivity contribution in [1.29, 1.82) is 0 Å². The minimum absolute atomic E-state index is 0.00146. The summed E-state index contributed by atoms with van der Waals surface area (Å²) in [5.74, 6) is 0.221. The highest BCUT2D eigenvalue weighted by Crippen LogP contribution is 2.37. The molecule has 2 aliphatic heterocycles. The number of hydrogen-bond donors (Lipinski definition) is 1. The standard InChI is InChI=1S/C16H25N3O3/c1-21-14-12-19(8-7-16(14)6-3-9-22-16)15(20)5-2-4-13-10-17-18-11-13/h10-11,14H,2-9,12H2,1H3,(H,17,18)/t14-,16-/m0/s1. The van der Waals surface area contributed by atoms with Crippen molar-refractivity contribution < 1.29 is 14.3 Å². The molecule has 0 unspecified atom stereocenters. The fourth-order valence-corrected chi connectivity index (χ4v) is 3.65. The number of carbonyl (C=O) groups excluding carboxylic acids is 1. The first-order valence-electron chi connectivity index (χ1n) is 8.16. The Labute approximate surface area is 131 Å². The van der Waals surface area contributed by atoms with Gasteiger partial charge in [-0.1, -0.05) is 0 Å². The molecule has 0 aliphatic carbocycles. The first-order chi connectivity index (χ1) is 10.7. The first kappa shape index (κ1) is 15.5.